The lowest BCUT2D eigenvalue weighted by Gasteiger charge is -2.26. The highest BCUT2D eigenvalue weighted by Crippen LogP contribution is 2.29. The Morgan fingerprint density at radius 1 is 1.19 bits per heavy atom. The fourth-order valence-corrected chi connectivity index (χ4v) is 2.75. The summed E-state index contributed by atoms with van der Waals surface area (Å²) in [5, 5.41) is 12.2. The van der Waals surface area contributed by atoms with E-state index in [1.54, 1.807) is 19.1 Å². The largest absolute Gasteiger partial charge is 0.504 e. The minimum atomic E-state index is -0.856. The molecular weight excluding hydrogens is 372 g/mol. The summed E-state index contributed by atoms with van der Waals surface area (Å²) in [6, 6.07) is 9.72. The Hall–Kier alpha value is -3.32. The van der Waals surface area contributed by atoms with Crippen molar-refractivity contribution in [2.75, 3.05) is 11.5 Å². The van der Waals surface area contributed by atoms with Crippen LogP contribution in [0, 0.1) is 0 Å². The van der Waals surface area contributed by atoms with E-state index in [0.717, 1.165) is 4.90 Å². The first-order chi connectivity index (χ1) is 12.9. The minimum Gasteiger partial charge on any atom is -0.504 e. The van der Waals surface area contributed by atoms with Gasteiger partial charge in [0, 0.05) is 5.02 Å². The van der Waals surface area contributed by atoms with E-state index in [1.807, 2.05) is 0 Å². The molecule has 0 atom stereocenters. The van der Waals surface area contributed by atoms with Gasteiger partial charge in [-0.25, -0.2) is 9.69 Å². The number of nitrogens with one attached hydrogen (secondary N) is 1. The number of hydrogen-bond acceptors (Lipinski definition) is 5. The Morgan fingerprint density at radius 3 is 2.67 bits per heavy atom. The maximum atomic E-state index is 12.8. The van der Waals surface area contributed by atoms with Crippen LogP contribution in [-0.2, 0) is 9.59 Å². The highest BCUT2D eigenvalue weighted by Gasteiger charge is 2.36. The van der Waals surface area contributed by atoms with E-state index < -0.39 is 17.8 Å². The Bertz CT molecular complexity index is 970. The average Bonchev–Trinajstić information content (AvgIpc) is 2.61. The second-order valence-corrected chi connectivity index (χ2v) is 6.03. The molecule has 138 valence electrons. The third-order valence-electron chi connectivity index (χ3n) is 3.76. The summed E-state index contributed by atoms with van der Waals surface area (Å²) in [5.41, 5.74) is 0.460. The van der Waals surface area contributed by atoms with E-state index in [1.165, 1.54) is 36.4 Å². The third-order valence-corrected chi connectivity index (χ3v) is 4.00. The molecule has 0 aromatic heterocycles. The number of imide groups is 2. The summed E-state index contributed by atoms with van der Waals surface area (Å²) in [4.78, 5) is 38.0. The number of nitrogens with zero attached hydrogens (tertiary/aromatic N) is 1. The van der Waals surface area contributed by atoms with Gasteiger partial charge in [0.25, 0.3) is 11.8 Å². The molecule has 2 aromatic rings. The fraction of sp³-hybridized carbons (Fsp3) is 0.105. The minimum absolute atomic E-state index is 0.0610. The first kappa shape index (κ1) is 18.5. The Labute approximate surface area is 159 Å². The highest BCUT2D eigenvalue weighted by atomic mass is 35.5. The van der Waals surface area contributed by atoms with E-state index >= 15 is 0 Å². The van der Waals surface area contributed by atoms with Crippen molar-refractivity contribution in [1.82, 2.24) is 5.32 Å². The normalized spacial score (nSPS) is 15.9. The van der Waals surface area contributed by atoms with Crippen LogP contribution >= 0.6 is 11.6 Å². The summed E-state index contributed by atoms with van der Waals surface area (Å²) >= 11 is 5.93. The number of aromatic hydroxyl groups is 1. The Morgan fingerprint density at radius 2 is 1.96 bits per heavy atom. The number of anilines is 1. The Balaban J connectivity index is 2.00. The quantitative estimate of drug-likeness (QED) is 0.621. The number of urea groups is 1. The molecule has 2 aromatic carbocycles. The Kier molecular flexibility index (Phi) is 5.14. The molecule has 0 radical (unpaired) electrons. The molecule has 27 heavy (non-hydrogen) atoms. The van der Waals surface area contributed by atoms with Crippen LogP contribution in [0.2, 0.25) is 5.02 Å². The fourth-order valence-electron chi connectivity index (χ4n) is 2.57. The molecule has 1 aliphatic heterocycles. The number of hydrogen-bond donors (Lipinski definition) is 2. The van der Waals surface area contributed by atoms with E-state index in [0.29, 0.717) is 17.2 Å². The van der Waals surface area contributed by atoms with Crippen LogP contribution in [0.3, 0.4) is 0 Å². The zero-order chi connectivity index (χ0) is 19.6. The highest BCUT2D eigenvalue weighted by molar-refractivity contribution is 6.39. The number of ether oxygens (including phenoxy) is 1. The third kappa shape index (κ3) is 3.78. The molecular formula is C19H15ClN2O5. The van der Waals surface area contributed by atoms with Gasteiger partial charge in [0.2, 0.25) is 0 Å². The van der Waals surface area contributed by atoms with Crippen LogP contribution in [-0.4, -0.2) is 29.6 Å². The van der Waals surface area contributed by atoms with E-state index in [4.69, 9.17) is 16.3 Å². The van der Waals surface area contributed by atoms with Crippen molar-refractivity contribution in [2.45, 2.75) is 6.92 Å². The zero-order valence-electron chi connectivity index (χ0n) is 14.2. The molecule has 1 saturated heterocycles. The van der Waals surface area contributed by atoms with Crippen molar-refractivity contribution < 1.29 is 24.2 Å². The maximum absolute atomic E-state index is 12.8. The molecule has 0 saturated carbocycles. The van der Waals surface area contributed by atoms with Gasteiger partial charge in [-0.3, -0.25) is 14.9 Å². The van der Waals surface area contributed by atoms with Crippen LogP contribution in [0.15, 0.2) is 48.0 Å². The van der Waals surface area contributed by atoms with Gasteiger partial charge in [-0.15, -0.1) is 0 Å². The topological polar surface area (TPSA) is 95.9 Å². The van der Waals surface area contributed by atoms with E-state index in [-0.39, 0.29) is 22.8 Å². The number of amides is 4. The van der Waals surface area contributed by atoms with Crippen LogP contribution in [0.1, 0.15) is 12.5 Å². The number of phenols is 1. The zero-order valence-corrected chi connectivity index (χ0v) is 15.0. The first-order valence-corrected chi connectivity index (χ1v) is 8.41. The molecule has 4 amide bonds. The van der Waals surface area contributed by atoms with Crippen molar-refractivity contribution >= 4 is 41.2 Å². The number of rotatable bonds is 4. The van der Waals surface area contributed by atoms with E-state index in [2.05, 4.69) is 5.32 Å². The molecule has 0 spiro atoms. The number of phenolic OH excluding ortho intramolecular Hbond substituents is 1. The lowest BCUT2D eigenvalue weighted by atomic mass is 10.1. The molecule has 8 heteroatoms. The van der Waals surface area contributed by atoms with Crippen LogP contribution in [0.4, 0.5) is 10.5 Å². The lowest BCUT2D eigenvalue weighted by Crippen LogP contribution is -2.54. The standard InChI is InChI=1S/C19H15ClN2O5/c1-2-27-16-9-11(6-7-15(16)23)8-14-17(24)21-19(26)22(18(14)25)13-5-3-4-12(20)10-13/h3-10,23H,2H2,1H3,(H,21,24,26)/b14-8-. The van der Waals surface area contributed by atoms with Gasteiger partial charge in [-0.2, -0.15) is 0 Å². The van der Waals surface area contributed by atoms with E-state index in [9.17, 15) is 19.5 Å². The number of barbiturate groups is 1. The molecule has 2 N–H and O–H groups in total. The van der Waals surface area contributed by atoms with Crippen LogP contribution in [0.25, 0.3) is 6.08 Å². The molecule has 0 bridgehead atoms. The average molecular weight is 387 g/mol. The van der Waals surface area contributed by atoms with Gasteiger partial charge in [0.15, 0.2) is 11.5 Å². The van der Waals surface area contributed by atoms with Gasteiger partial charge in [-0.1, -0.05) is 23.7 Å². The molecule has 7 nitrogen and oxygen atoms in total. The predicted octanol–water partition coefficient (Wildman–Crippen LogP) is 3.11. The summed E-state index contributed by atoms with van der Waals surface area (Å²) < 4.78 is 5.30. The molecule has 3 rings (SSSR count). The molecule has 1 heterocycles. The monoisotopic (exact) mass is 386 g/mol. The van der Waals surface area contributed by atoms with Crippen molar-refractivity contribution in [3.05, 3.63) is 58.6 Å². The number of carbonyl (C=O) groups is 3. The van der Waals surface area contributed by atoms with Crippen LogP contribution in [0.5, 0.6) is 11.5 Å². The SMILES string of the molecule is CCOc1cc(/C=C2/C(=O)NC(=O)N(c3cccc(Cl)c3)C2=O)ccc1O. The van der Waals surface area contributed by atoms with Gasteiger partial charge in [0.05, 0.1) is 12.3 Å². The van der Waals surface area contributed by atoms with Crippen molar-refractivity contribution in [1.29, 1.82) is 0 Å². The van der Waals surface area contributed by atoms with Crippen molar-refractivity contribution in [3.63, 3.8) is 0 Å². The van der Waals surface area contributed by atoms with Crippen LogP contribution < -0.4 is 15.0 Å². The molecule has 0 aliphatic carbocycles. The van der Waals surface area contributed by atoms with Crippen molar-refractivity contribution in [3.8, 4) is 11.5 Å². The molecule has 1 aliphatic rings. The number of benzene rings is 2. The molecule has 1 fully saturated rings. The molecule has 0 unspecified atom stereocenters. The summed E-state index contributed by atoms with van der Waals surface area (Å²) in [5.74, 6) is -1.43. The number of halogens is 1. The second kappa shape index (κ2) is 7.51. The van der Waals surface area contributed by atoms with Gasteiger partial charge >= 0.3 is 6.03 Å². The number of carbonyl (C=O) groups excluding carboxylic acids is 3. The summed E-state index contributed by atoms with van der Waals surface area (Å²) in [6.45, 7) is 2.10. The smallest absolute Gasteiger partial charge is 0.335 e. The van der Waals surface area contributed by atoms with Crippen molar-refractivity contribution in [2.24, 2.45) is 0 Å². The predicted molar refractivity (Wildman–Crippen MR) is 99.7 cm³/mol. The van der Waals surface area contributed by atoms with Gasteiger partial charge in [-0.05, 0) is 48.9 Å². The summed E-state index contributed by atoms with van der Waals surface area (Å²) in [7, 11) is 0. The van der Waals surface area contributed by atoms with Gasteiger partial charge in [0.1, 0.15) is 5.57 Å². The first-order valence-electron chi connectivity index (χ1n) is 8.03. The summed E-state index contributed by atoms with van der Waals surface area (Å²) in [6.07, 6.45) is 1.32. The lowest BCUT2D eigenvalue weighted by molar-refractivity contribution is -0.122. The van der Waals surface area contributed by atoms with Gasteiger partial charge < -0.3 is 9.84 Å². The maximum Gasteiger partial charge on any atom is 0.335 e. The second-order valence-electron chi connectivity index (χ2n) is 5.60.